The van der Waals surface area contributed by atoms with E-state index in [9.17, 15) is 13.7 Å². The third-order valence-electron chi connectivity index (χ3n) is 4.98. The number of nitrogens with zero attached hydrogens (tertiary/aromatic N) is 2. The zero-order valence-corrected chi connectivity index (χ0v) is 17.8. The number of benzene rings is 3. The molecule has 0 bridgehead atoms. The summed E-state index contributed by atoms with van der Waals surface area (Å²) in [6.45, 7) is 0.591. The molecule has 0 atom stereocenters. The average molecular weight is 428 g/mol. The molecule has 1 aliphatic heterocycles. The maximum Gasteiger partial charge on any atom is 0.229 e. The predicted octanol–water partition coefficient (Wildman–Crippen LogP) is 4.87. The molecule has 1 aliphatic rings. The zero-order valence-electron chi connectivity index (χ0n) is 17.0. The fraction of sp³-hybridized carbons (Fsp3) is 0.0800. The molecule has 0 aliphatic carbocycles. The topological polar surface area (TPSA) is 73.2 Å². The lowest BCUT2D eigenvalue weighted by Crippen LogP contribution is -2.23. The predicted molar refractivity (Wildman–Crippen MR) is 126 cm³/mol. The summed E-state index contributed by atoms with van der Waals surface area (Å²) in [4.78, 5) is 2.11. The van der Waals surface area contributed by atoms with Gasteiger partial charge in [-0.05, 0) is 41.5 Å². The van der Waals surface area contributed by atoms with E-state index in [0.29, 0.717) is 17.8 Å². The molecule has 0 radical (unpaired) electrons. The second kappa shape index (κ2) is 8.50. The molecule has 0 saturated carbocycles. The van der Waals surface area contributed by atoms with Crippen molar-refractivity contribution in [2.45, 2.75) is 0 Å². The van der Waals surface area contributed by atoms with Gasteiger partial charge in [0.25, 0.3) is 0 Å². The monoisotopic (exact) mass is 427 g/mol. The first-order valence-corrected chi connectivity index (χ1v) is 11.6. The molecule has 0 fully saturated rings. The maximum absolute atomic E-state index is 11.9. The van der Waals surface area contributed by atoms with Crippen molar-refractivity contribution in [3.63, 3.8) is 0 Å². The Bertz CT molecular complexity index is 1320. The molecule has 1 heterocycles. The van der Waals surface area contributed by atoms with Crippen LogP contribution in [0.25, 0.3) is 11.1 Å². The molecule has 1 N–H and O–H groups in total. The number of hydrogen-bond donors (Lipinski definition) is 1. The third kappa shape index (κ3) is 4.68. The minimum Gasteiger partial charge on any atom is -0.343 e. The van der Waals surface area contributed by atoms with E-state index < -0.39 is 10.0 Å². The van der Waals surface area contributed by atoms with Crippen LogP contribution in [-0.4, -0.2) is 21.2 Å². The Morgan fingerprint density at radius 1 is 0.903 bits per heavy atom. The minimum atomic E-state index is -3.43. The number of nitrogens with one attached hydrogen (secondary N) is 1. The molecular weight excluding hydrogens is 406 g/mol. The Balaban J connectivity index is 1.87. The summed E-state index contributed by atoms with van der Waals surface area (Å²) >= 11 is 0. The molecule has 3 aromatic rings. The summed E-state index contributed by atoms with van der Waals surface area (Å²) in [6.07, 6.45) is 5.18. The number of rotatable bonds is 5. The molecule has 0 unspecified atom stereocenters. The summed E-state index contributed by atoms with van der Waals surface area (Å²) in [6, 6.07) is 27.1. The number of allylic oxidation sites excluding steroid dienone is 2. The van der Waals surface area contributed by atoms with Crippen molar-refractivity contribution < 1.29 is 8.42 Å². The lowest BCUT2D eigenvalue weighted by molar-refractivity contribution is 0.607. The molecule has 0 amide bonds. The lowest BCUT2D eigenvalue weighted by atomic mass is 9.93. The highest BCUT2D eigenvalue weighted by molar-refractivity contribution is 7.92. The summed E-state index contributed by atoms with van der Waals surface area (Å²) < 4.78 is 26.4. The maximum atomic E-state index is 11.9. The van der Waals surface area contributed by atoms with E-state index in [1.807, 2.05) is 72.9 Å². The van der Waals surface area contributed by atoms with Gasteiger partial charge < -0.3 is 4.90 Å². The molecule has 5 nitrogen and oxygen atoms in total. The van der Waals surface area contributed by atoms with Crippen molar-refractivity contribution in [1.29, 1.82) is 5.26 Å². The van der Waals surface area contributed by atoms with Crippen LogP contribution in [0.15, 0.2) is 91.1 Å². The van der Waals surface area contributed by atoms with E-state index in [1.54, 1.807) is 18.2 Å². The summed E-state index contributed by atoms with van der Waals surface area (Å²) in [7, 11) is -3.43. The highest BCUT2D eigenvalue weighted by Gasteiger charge is 2.20. The van der Waals surface area contributed by atoms with Gasteiger partial charge in [-0.2, -0.15) is 5.26 Å². The van der Waals surface area contributed by atoms with Gasteiger partial charge in [0.05, 0.1) is 23.6 Å². The molecule has 0 aromatic heterocycles. The number of hydrogen-bond acceptors (Lipinski definition) is 4. The van der Waals surface area contributed by atoms with Crippen molar-refractivity contribution in [3.8, 4) is 6.07 Å². The summed E-state index contributed by atoms with van der Waals surface area (Å²) in [5.74, 6) is 0. The summed E-state index contributed by atoms with van der Waals surface area (Å²) in [5.41, 5.74) is 5.58. The van der Waals surface area contributed by atoms with Crippen LogP contribution in [-0.2, 0) is 10.0 Å². The number of anilines is 2. The second-order valence-electron chi connectivity index (χ2n) is 7.29. The van der Waals surface area contributed by atoms with Crippen LogP contribution >= 0.6 is 0 Å². The van der Waals surface area contributed by atoms with Crippen molar-refractivity contribution in [3.05, 3.63) is 108 Å². The van der Waals surface area contributed by atoms with Crippen LogP contribution in [0.5, 0.6) is 0 Å². The Labute approximate surface area is 182 Å². The molecule has 154 valence electrons. The Kier molecular flexibility index (Phi) is 5.61. The van der Waals surface area contributed by atoms with Crippen LogP contribution < -0.4 is 9.62 Å². The van der Waals surface area contributed by atoms with Gasteiger partial charge in [0.2, 0.25) is 10.0 Å². The van der Waals surface area contributed by atoms with E-state index in [-0.39, 0.29) is 0 Å². The third-order valence-corrected chi connectivity index (χ3v) is 5.57. The van der Waals surface area contributed by atoms with Gasteiger partial charge in [-0.1, -0.05) is 54.6 Å². The van der Waals surface area contributed by atoms with Gasteiger partial charge in [0.15, 0.2) is 0 Å². The van der Waals surface area contributed by atoms with Crippen molar-refractivity contribution in [2.75, 3.05) is 22.4 Å². The molecule has 6 heteroatoms. The SMILES string of the molecule is CS(=O)(=O)Nc1ccccc1C1=CN(c2ccccc2)CC(c2ccccc2C#N)=C1. The molecule has 31 heavy (non-hydrogen) atoms. The van der Waals surface area contributed by atoms with Gasteiger partial charge in [0.1, 0.15) is 0 Å². The summed E-state index contributed by atoms with van der Waals surface area (Å²) in [5, 5.41) is 9.60. The molecular formula is C25H21N3O2S. The van der Waals surface area contributed by atoms with E-state index in [4.69, 9.17) is 0 Å². The zero-order chi connectivity index (χ0) is 21.8. The Morgan fingerprint density at radius 2 is 1.55 bits per heavy atom. The number of para-hydroxylation sites is 2. The molecule has 0 spiro atoms. The number of nitriles is 1. The van der Waals surface area contributed by atoms with Gasteiger partial charge >= 0.3 is 0 Å². The largest absolute Gasteiger partial charge is 0.343 e. The van der Waals surface area contributed by atoms with E-state index >= 15 is 0 Å². The van der Waals surface area contributed by atoms with Crippen LogP contribution in [0.2, 0.25) is 0 Å². The lowest BCUT2D eigenvalue weighted by Gasteiger charge is -2.28. The Hall–Kier alpha value is -3.82. The fourth-order valence-electron chi connectivity index (χ4n) is 3.65. The van der Waals surface area contributed by atoms with E-state index in [2.05, 4.69) is 15.7 Å². The van der Waals surface area contributed by atoms with Crippen molar-refractivity contribution in [2.24, 2.45) is 0 Å². The van der Waals surface area contributed by atoms with Crippen LogP contribution in [0, 0.1) is 11.3 Å². The number of sulfonamides is 1. The average Bonchev–Trinajstić information content (AvgIpc) is 2.78. The van der Waals surface area contributed by atoms with Crippen molar-refractivity contribution >= 4 is 32.5 Å². The minimum absolute atomic E-state index is 0.510. The standard InChI is InChI=1S/C25H21N3O2S/c1-31(29,30)27-25-14-8-7-13-24(25)21-15-20(23-12-6-5-9-19(23)16-26)17-28(18-21)22-10-3-2-4-11-22/h2-15,18,27H,17H2,1H3. The molecule has 0 saturated heterocycles. The highest BCUT2D eigenvalue weighted by atomic mass is 32.2. The smallest absolute Gasteiger partial charge is 0.229 e. The highest BCUT2D eigenvalue weighted by Crippen LogP contribution is 2.35. The fourth-order valence-corrected chi connectivity index (χ4v) is 4.22. The van der Waals surface area contributed by atoms with E-state index in [1.165, 1.54) is 0 Å². The van der Waals surface area contributed by atoms with Gasteiger partial charge in [0, 0.05) is 29.6 Å². The van der Waals surface area contributed by atoms with Gasteiger partial charge in [-0.3, -0.25) is 4.72 Å². The Morgan fingerprint density at radius 3 is 2.26 bits per heavy atom. The first-order valence-electron chi connectivity index (χ1n) is 9.75. The van der Waals surface area contributed by atoms with E-state index in [0.717, 1.165) is 34.2 Å². The normalized spacial score (nSPS) is 13.7. The second-order valence-corrected chi connectivity index (χ2v) is 9.04. The molecule has 3 aromatic carbocycles. The quantitative estimate of drug-likeness (QED) is 0.630. The first-order chi connectivity index (χ1) is 14.9. The van der Waals surface area contributed by atoms with Gasteiger partial charge in [-0.25, -0.2) is 8.42 Å². The van der Waals surface area contributed by atoms with Crippen molar-refractivity contribution in [1.82, 2.24) is 0 Å². The molecule has 4 rings (SSSR count). The van der Waals surface area contributed by atoms with Crippen LogP contribution in [0.4, 0.5) is 11.4 Å². The van der Waals surface area contributed by atoms with Gasteiger partial charge in [-0.15, -0.1) is 0 Å². The first kappa shape index (κ1) is 20.5. The van der Waals surface area contributed by atoms with Crippen LogP contribution in [0.1, 0.15) is 16.7 Å². The van der Waals surface area contributed by atoms with Crippen LogP contribution in [0.3, 0.4) is 0 Å².